The lowest BCUT2D eigenvalue weighted by Crippen LogP contribution is -2.17. The van der Waals surface area contributed by atoms with Gasteiger partial charge in [-0.05, 0) is 30.3 Å². The van der Waals surface area contributed by atoms with Gasteiger partial charge in [0.05, 0.1) is 17.7 Å². The van der Waals surface area contributed by atoms with Crippen molar-refractivity contribution in [2.45, 2.75) is 6.36 Å². The number of nitro groups is 1. The molecule has 9 heteroatoms. The molecule has 2 aromatic rings. The summed E-state index contributed by atoms with van der Waals surface area (Å²) in [5, 5.41) is 10.6. The minimum Gasteiger partial charge on any atom is -0.496 e. The number of hydrogen-bond donors (Lipinski definition) is 0. The molecule has 2 aromatic carbocycles. The summed E-state index contributed by atoms with van der Waals surface area (Å²) in [6.07, 6.45) is -3.52. The number of methoxy groups -OCH3 is 1. The normalized spacial score (nSPS) is 11.5. The molecule has 0 aliphatic carbocycles. The van der Waals surface area contributed by atoms with Gasteiger partial charge in [-0.3, -0.25) is 15.1 Å². The number of ether oxygens (including phenoxy) is 2. The minimum atomic E-state index is -4.80. The van der Waals surface area contributed by atoms with Gasteiger partial charge >= 0.3 is 6.36 Å². The van der Waals surface area contributed by atoms with Crippen LogP contribution in [0.1, 0.15) is 5.56 Å². The van der Waals surface area contributed by atoms with Crippen LogP contribution in [0.15, 0.2) is 47.5 Å². The van der Waals surface area contributed by atoms with Gasteiger partial charge in [0.2, 0.25) is 0 Å². The predicted molar refractivity (Wildman–Crippen MR) is 80.0 cm³/mol. The first kappa shape index (κ1) is 17.3. The summed E-state index contributed by atoms with van der Waals surface area (Å²) in [5.74, 6) is -0.108. The standard InChI is InChI=1S/C15H11F3N2O4/c1-23-14-7-6-13(24-15(16,17)18)8-10(14)9-19-11-2-4-12(5-3-11)20(21)22/h2-9H,1H3. The number of aliphatic imine (C=N–C) groups is 1. The molecule has 0 fully saturated rings. The minimum absolute atomic E-state index is 0.0906. The van der Waals surface area contributed by atoms with Crippen LogP contribution in [0.5, 0.6) is 11.5 Å². The molecule has 0 saturated heterocycles. The smallest absolute Gasteiger partial charge is 0.496 e. The fourth-order valence-corrected chi connectivity index (χ4v) is 1.81. The summed E-state index contributed by atoms with van der Waals surface area (Å²) in [6, 6.07) is 8.93. The van der Waals surface area contributed by atoms with Crippen molar-refractivity contribution in [3.8, 4) is 11.5 Å². The molecule has 2 rings (SSSR count). The lowest BCUT2D eigenvalue weighted by molar-refractivity contribution is -0.384. The van der Waals surface area contributed by atoms with Crippen molar-refractivity contribution in [1.82, 2.24) is 0 Å². The van der Waals surface area contributed by atoms with Crippen molar-refractivity contribution < 1.29 is 27.6 Å². The largest absolute Gasteiger partial charge is 0.573 e. The van der Waals surface area contributed by atoms with Gasteiger partial charge in [0.15, 0.2) is 0 Å². The van der Waals surface area contributed by atoms with Gasteiger partial charge in [-0.1, -0.05) is 0 Å². The van der Waals surface area contributed by atoms with Crippen LogP contribution in [0.2, 0.25) is 0 Å². The molecule has 0 radical (unpaired) electrons. The average molecular weight is 340 g/mol. The number of rotatable bonds is 5. The zero-order valence-corrected chi connectivity index (χ0v) is 12.3. The molecule has 0 aliphatic heterocycles. The number of alkyl halides is 3. The molecule has 0 N–H and O–H groups in total. The van der Waals surface area contributed by atoms with Crippen molar-refractivity contribution >= 4 is 17.6 Å². The van der Waals surface area contributed by atoms with E-state index < -0.39 is 17.0 Å². The lowest BCUT2D eigenvalue weighted by Gasteiger charge is -2.11. The number of halogens is 3. The maximum absolute atomic E-state index is 12.3. The van der Waals surface area contributed by atoms with Gasteiger partial charge in [-0.25, -0.2) is 0 Å². The number of nitro benzene ring substituents is 1. The first-order chi connectivity index (χ1) is 11.3. The van der Waals surface area contributed by atoms with Crippen LogP contribution in [0.3, 0.4) is 0 Å². The van der Waals surface area contributed by atoms with E-state index in [1.54, 1.807) is 0 Å². The molecule has 24 heavy (non-hydrogen) atoms. The zero-order chi connectivity index (χ0) is 17.7. The highest BCUT2D eigenvalue weighted by molar-refractivity contribution is 5.86. The van der Waals surface area contributed by atoms with Crippen molar-refractivity contribution in [3.05, 3.63) is 58.1 Å². The number of non-ortho nitro benzene ring substituents is 1. The summed E-state index contributed by atoms with van der Waals surface area (Å²) in [6.45, 7) is 0. The molecule has 0 aliphatic rings. The monoisotopic (exact) mass is 340 g/mol. The molecular weight excluding hydrogens is 329 g/mol. The maximum Gasteiger partial charge on any atom is 0.573 e. The van der Waals surface area contributed by atoms with Gasteiger partial charge in [0.1, 0.15) is 11.5 Å². The van der Waals surface area contributed by atoms with Gasteiger partial charge in [0, 0.05) is 23.9 Å². The molecule has 0 atom stereocenters. The molecular formula is C15H11F3N2O4. The zero-order valence-electron chi connectivity index (χ0n) is 12.3. The molecule has 6 nitrogen and oxygen atoms in total. The second-order valence-corrected chi connectivity index (χ2v) is 4.48. The van der Waals surface area contributed by atoms with Crippen LogP contribution >= 0.6 is 0 Å². The van der Waals surface area contributed by atoms with E-state index in [0.29, 0.717) is 11.4 Å². The van der Waals surface area contributed by atoms with E-state index in [9.17, 15) is 23.3 Å². The molecule has 0 unspecified atom stereocenters. The van der Waals surface area contributed by atoms with E-state index >= 15 is 0 Å². The number of nitrogens with zero attached hydrogens (tertiary/aromatic N) is 2. The second-order valence-electron chi connectivity index (χ2n) is 4.48. The average Bonchev–Trinajstić information content (AvgIpc) is 2.52. The second kappa shape index (κ2) is 6.99. The summed E-state index contributed by atoms with van der Waals surface area (Å²) >= 11 is 0. The highest BCUT2D eigenvalue weighted by atomic mass is 19.4. The van der Waals surface area contributed by atoms with E-state index in [2.05, 4.69) is 9.73 Å². The Bertz CT molecular complexity index is 758. The van der Waals surface area contributed by atoms with Gasteiger partial charge in [0.25, 0.3) is 5.69 Å². The molecule has 0 saturated carbocycles. The molecule has 0 bridgehead atoms. The van der Waals surface area contributed by atoms with Crippen LogP contribution < -0.4 is 9.47 Å². The van der Waals surface area contributed by atoms with Crippen molar-refractivity contribution in [3.63, 3.8) is 0 Å². The summed E-state index contributed by atoms with van der Waals surface area (Å²) in [5.41, 5.74) is 0.564. The fraction of sp³-hybridized carbons (Fsp3) is 0.133. The first-order valence-electron chi connectivity index (χ1n) is 6.51. The predicted octanol–water partition coefficient (Wildman–Crippen LogP) is 4.25. The highest BCUT2D eigenvalue weighted by Gasteiger charge is 2.31. The Morgan fingerprint density at radius 2 is 1.83 bits per heavy atom. The Hall–Kier alpha value is -3.10. The number of hydrogen-bond acceptors (Lipinski definition) is 5. The lowest BCUT2D eigenvalue weighted by atomic mass is 10.2. The highest BCUT2D eigenvalue weighted by Crippen LogP contribution is 2.28. The summed E-state index contributed by atoms with van der Waals surface area (Å²) < 4.78 is 45.7. The van der Waals surface area contributed by atoms with Gasteiger partial charge < -0.3 is 9.47 Å². The quantitative estimate of drug-likeness (QED) is 0.463. The van der Waals surface area contributed by atoms with Crippen LogP contribution in [0, 0.1) is 10.1 Å². The van der Waals surface area contributed by atoms with Crippen molar-refractivity contribution in [2.24, 2.45) is 4.99 Å². The molecule has 0 amide bonds. The van der Waals surface area contributed by atoms with E-state index in [1.165, 1.54) is 43.7 Å². The van der Waals surface area contributed by atoms with Crippen LogP contribution in [-0.4, -0.2) is 24.6 Å². The van der Waals surface area contributed by atoms with E-state index in [-0.39, 0.29) is 11.3 Å². The maximum atomic E-state index is 12.3. The molecule has 0 spiro atoms. The van der Waals surface area contributed by atoms with Crippen LogP contribution in [0.25, 0.3) is 0 Å². The molecule has 126 valence electrons. The van der Waals surface area contributed by atoms with Crippen LogP contribution in [0.4, 0.5) is 24.5 Å². The number of benzene rings is 2. The third-order valence-corrected chi connectivity index (χ3v) is 2.85. The Morgan fingerprint density at radius 1 is 1.17 bits per heavy atom. The Kier molecular flexibility index (Phi) is 5.02. The van der Waals surface area contributed by atoms with Crippen molar-refractivity contribution in [1.29, 1.82) is 0 Å². The third-order valence-electron chi connectivity index (χ3n) is 2.85. The Labute approximate surface area is 134 Å². The Morgan fingerprint density at radius 3 is 2.38 bits per heavy atom. The molecule has 0 aromatic heterocycles. The third kappa shape index (κ3) is 4.70. The Balaban J connectivity index is 2.26. The fourth-order valence-electron chi connectivity index (χ4n) is 1.81. The van der Waals surface area contributed by atoms with Gasteiger partial charge in [-0.2, -0.15) is 0 Å². The van der Waals surface area contributed by atoms with Crippen molar-refractivity contribution in [2.75, 3.05) is 7.11 Å². The summed E-state index contributed by atoms with van der Waals surface area (Å²) in [7, 11) is 1.36. The van der Waals surface area contributed by atoms with Crippen LogP contribution in [-0.2, 0) is 0 Å². The first-order valence-corrected chi connectivity index (χ1v) is 6.51. The topological polar surface area (TPSA) is 74.0 Å². The SMILES string of the molecule is COc1ccc(OC(F)(F)F)cc1C=Nc1ccc([N+](=O)[O-])cc1. The van der Waals surface area contributed by atoms with E-state index in [1.807, 2.05) is 0 Å². The van der Waals surface area contributed by atoms with Gasteiger partial charge in [-0.15, -0.1) is 13.2 Å². The molecule has 0 heterocycles. The summed E-state index contributed by atoms with van der Waals surface area (Å²) in [4.78, 5) is 14.1. The van der Waals surface area contributed by atoms with E-state index in [0.717, 1.165) is 12.1 Å². The van der Waals surface area contributed by atoms with E-state index in [4.69, 9.17) is 4.74 Å².